The average molecular weight is 603 g/mol. The molecule has 9 heteroatoms. The van der Waals surface area contributed by atoms with Crippen LogP contribution in [0.3, 0.4) is 0 Å². The summed E-state index contributed by atoms with van der Waals surface area (Å²) in [6, 6.07) is 32.1. The van der Waals surface area contributed by atoms with Crippen molar-refractivity contribution in [1.82, 2.24) is 18.8 Å². The van der Waals surface area contributed by atoms with Crippen molar-refractivity contribution < 1.29 is 17.9 Å². The molecule has 44 heavy (non-hydrogen) atoms. The maximum absolute atomic E-state index is 13.2. The van der Waals surface area contributed by atoms with E-state index in [1.807, 2.05) is 24.3 Å². The number of amides is 1. The molecule has 7 aromatic rings. The summed E-state index contributed by atoms with van der Waals surface area (Å²) >= 11 is 0. The fourth-order valence-electron chi connectivity index (χ4n) is 6.01. The van der Waals surface area contributed by atoms with Gasteiger partial charge in [-0.15, -0.1) is 0 Å². The molecule has 1 amide bonds. The second kappa shape index (κ2) is 10.9. The van der Waals surface area contributed by atoms with Crippen molar-refractivity contribution in [3.8, 4) is 11.4 Å². The lowest BCUT2D eigenvalue weighted by atomic mass is 10.1. The molecule has 2 aromatic heterocycles. The van der Waals surface area contributed by atoms with Crippen LogP contribution in [0.4, 0.5) is 0 Å². The number of para-hydroxylation sites is 1. The van der Waals surface area contributed by atoms with Crippen LogP contribution in [0.5, 0.6) is 0 Å². The van der Waals surface area contributed by atoms with E-state index in [2.05, 4.69) is 63.2 Å². The number of carbonyl (C=O) groups is 1. The van der Waals surface area contributed by atoms with Crippen molar-refractivity contribution in [3.05, 3.63) is 109 Å². The van der Waals surface area contributed by atoms with E-state index in [-0.39, 0.29) is 10.5 Å². The number of ether oxygens (including phenoxy) is 1. The number of hydrogen-bond donors (Lipinski definition) is 1. The number of fused-ring (bicyclic) bond motifs is 5. The first-order chi connectivity index (χ1) is 21.4. The van der Waals surface area contributed by atoms with Crippen molar-refractivity contribution in [3.63, 3.8) is 0 Å². The molecule has 0 bridgehead atoms. The van der Waals surface area contributed by atoms with Crippen molar-refractivity contribution >= 4 is 59.5 Å². The van der Waals surface area contributed by atoms with Crippen molar-refractivity contribution in [2.45, 2.75) is 24.9 Å². The van der Waals surface area contributed by atoms with Crippen LogP contribution in [0.1, 0.15) is 17.3 Å². The largest absolute Gasteiger partial charge is 0.383 e. The fourth-order valence-corrected chi connectivity index (χ4v) is 7.02. The highest BCUT2D eigenvalue weighted by Gasteiger charge is 2.21. The Bertz CT molecular complexity index is 2340. The second-order valence-corrected chi connectivity index (χ2v) is 12.4. The third-order valence-corrected chi connectivity index (χ3v) is 9.46. The third kappa shape index (κ3) is 4.70. The summed E-state index contributed by atoms with van der Waals surface area (Å²) in [4.78, 5) is 18.2. The molecule has 2 heterocycles. The van der Waals surface area contributed by atoms with Crippen LogP contribution in [-0.2, 0) is 27.8 Å². The Morgan fingerprint density at radius 3 is 2.36 bits per heavy atom. The maximum atomic E-state index is 13.2. The predicted molar refractivity (Wildman–Crippen MR) is 174 cm³/mol. The van der Waals surface area contributed by atoms with E-state index < -0.39 is 15.9 Å². The standard InChI is InChI=1S/C35H30N4O4S/c1-3-38-31-11-7-6-10-28(31)29-21-25(13-16-32(29)38)34-36-30-22-26(14-17-33(30)39(34)18-19-43-2)35(40)37-44(41,42)27-15-12-23-8-4-5-9-24(23)20-27/h4-17,20-22H,3,18-19H2,1-2H3,(H,37,40). The highest BCUT2D eigenvalue weighted by atomic mass is 32.2. The van der Waals surface area contributed by atoms with E-state index in [1.54, 1.807) is 37.4 Å². The zero-order chi connectivity index (χ0) is 30.4. The molecule has 220 valence electrons. The minimum Gasteiger partial charge on any atom is -0.383 e. The number of nitrogens with zero attached hydrogens (tertiary/aromatic N) is 3. The molecule has 0 saturated carbocycles. The lowest BCUT2D eigenvalue weighted by Gasteiger charge is -2.10. The maximum Gasteiger partial charge on any atom is 0.265 e. The minimum absolute atomic E-state index is 0.0246. The molecule has 7 rings (SSSR count). The van der Waals surface area contributed by atoms with E-state index in [1.165, 1.54) is 17.0 Å². The van der Waals surface area contributed by atoms with Gasteiger partial charge in [-0.2, -0.15) is 0 Å². The molecule has 0 aliphatic carbocycles. The van der Waals surface area contributed by atoms with E-state index >= 15 is 0 Å². The normalized spacial score (nSPS) is 12.0. The molecule has 0 radical (unpaired) electrons. The van der Waals surface area contributed by atoms with Gasteiger partial charge in [0, 0.05) is 53.1 Å². The Hall–Kier alpha value is -4.99. The summed E-state index contributed by atoms with van der Waals surface area (Å²) < 4.78 is 38.3. The van der Waals surface area contributed by atoms with Gasteiger partial charge in [-0.25, -0.2) is 18.1 Å². The molecular weight excluding hydrogens is 572 g/mol. The summed E-state index contributed by atoms with van der Waals surface area (Å²) in [5.41, 5.74) is 4.89. The summed E-state index contributed by atoms with van der Waals surface area (Å²) in [6.07, 6.45) is 0. The van der Waals surface area contributed by atoms with Crippen LogP contribution >= 0.6 is 0 Å². The number of aromatic nitrogens is 3. The number of nitrogens with one attached hydrogen (secondary N) is 1. The number of sulfonamides is 1. The third-order valence-electron chi connectivity index (χ3n) is 8.13. The van der Waals surface area contributed by atoms with Crippen molar-refractivity contribution in [2.75, 3.05) is 13.7 Å². The van der Waals surface area contributed by atoms with Gasteiger partial charge in [-0.05, 0) is 72.3 Å². The minimum atomic E-state index is -4.09. The van der Waals surface area contributed by atoms with Crippen LogP contribution in [0.2, 0.25) is 0 Å². The van der Waals surface area contributed by atoms with Crippen molar-refractivity contribution in [2.24, 2.45) is 0 Å². The molecule has 0 spiro atoms. The van der Waals surface area contributed by atoms with E-state index in [4.69, 9.17) is 9.72 Å². The molecule has 0 atom stereocenters. The molecule has 5 aromatic carbocycles. The Morgan fingerprint density at radius 2 is 1.55 bits per heavy atom. The molecule has 0 saturated heterocycles. The van der Waals surface area contributed by atoms with Gasteiger partial charge >= 0.3 is 0 Å². The Balaban J connectivity index is 1.27. The molecule has 0 aliphatic heterocycles. The van der Waals surface area contributed by atoms with Gasteiger partial charge in [-0.3, -0.25) is 4.79 Å². The molecular formula is C35H30N4O4S. The summed E-state index contributed by atoms with van der Waals surface area (Å²) in [6.45, 7) is 4.03. The monoisotopic (exact) mass is 602 g/mol. The number of imidazole rings is 1. The first kappa shape index (κ1) is 27.8. The van der Waals surface area contributed by atoms with Crippen LogP contribution in [0.15, 0.2) is 108 Å². The highest BCUT2D eigenvalue weighted by Crippen LogP contribution is 2.34. The van der Waals surface area contributed by atoms with Gasteiger partial charge in [0.05, 0.1) is 22.5 Å². The molecule has 8 nitrogen and oxygen atoms in total. The smallest absolute Gasteiger partial charge is 0.265 e. The van der Waals surface area contributed by atoms with Gasteiger partial charge in [0.15, 0.2) is 0 Å². The summed E-state index contributed by atoms with van der Waals surface area (Å²) in [7, 11) is -2.44. The predicted octanol–water partition coefficient (Wildman–Crippen LogP) is 6.75. The quantitative estimate of drug-likeness (QED) is 0.208. The zero-order valence-electron chi connectivity index (χ0n) is 24.3. The Kier molecular flexibility index (Phi) is 6.91. The highest BCUT2D eigenvalue weighted by molar-refractivity contribution is 7.90. The van der Waals surface area contributed by atoms with Gasteiger partial charge in [-0.1, -0.05) is 48.5 Å². The van der Waals surface area contributed by atoms with Crippen LogP contribution < -0.4 is 4.72 Å². The van der Waals surface area contributed by atoms with E-state index in [9.17, 15) is 13.2 Å². The SMILES string of the molecule is CCn1c2ccccc2c2cc(-c3nc4cc(C(=O)NS(=O)(=O)c5ccc6ccccc6c5)ccc4n3CCOC)ccc21. The number of aryl methyl sites for hydroxylation is 1. The zero-order valence-corrected chi connectivity index (χ0v) is 25.1. The topological polar surface area (TPSA) is 95.2 Å². The van der Waals surface area contributed by atoms with Crippen LogP contribution in [0.25, 0.3) is 55.0 Å². The van der Waals surface area contributed by atoms with Gasteiger partial charge < -0.3 is 13.9 Å². The van der Waals surface area contributed by atoms with E-state index in [0.717, 1.165) is 45.1 Å². The van der Waals surface area contributed by atoms with Crippen LogP contribution in [0, 0.1) is 0 Å². The Labute approximate surface area is 254 Å². The van der Waals surface area contributed by atoms with Gasteiger partial charge in [0.1, 0.15) is 5.82 Å². The first-order valence-corrected chi connectivity index (χ1v) is 15.9. The van der Waals surface area contributed by atoms with Crippen molar-refractivity contribution in [1.29, 1.82) is 0 Å². The first-order valence-electron chi connectivity index (χ1n) is 14.4. The van der Waals surface area contributed by atoms with Crippen LogP contribution in [-0.4, -0.2) is 42.2 Å². The number of hydrogen-bond acceptors (Lipinski definition) is 5. The number of carbonyl (C=O) groups excluding carboxylic acids is 1. The second-order valence-electron chi connectivity index (χ2n) is 10.7. The summed E-state index contributed by atoms with van der Waals surface area (Å²) in [5, 5.41) is 4.01. The molecule has 0 unspecified atom stereocenters. The lowest BCUT2D eigenvalue weighted by molar-refractivity contribution is 0.0981. The molecule has 1 N–H and O–H groups in total. The number of benzene rings is 5. The molecule has 0 aliphatic rings. The summed E-state index contributed by atoms with van der Waals surface area (Å²) in [5.74, 6) is 0.0236. The number of rotatable bonds is 8. The average Bonchev–Trinajstić information content (AvgIpc) is 3.57. The Morgan fingerprint density at radius 1 is 0.795 bits per heavy atom. The fraction of sp³-hybridized carbons (Fsp3) is 0.143. The van der Waals surface area contributed by atoms with Gasteiger partial charge in [0.2, 0.25) is 0 Å². The number of methoxy groups -OCH3 is 1. The van der Waals surface area contributed by atoms with E-state index in [0.29, 0.717) is 18.7 Å². The van der Waals surface area contributed by atoms with Gasteiger partial charge in [0.25, 0.3) is 15.9 Å². The lowest BCUT2D eigenvalue weighted by Crippen LogP contribution is -2.30. The molecule has 0 fully saturated rings.